The van der Waals surface area contributed by atoms with Gasteiger partial charge in [0.1, 0.15) is 0 Å². The second-order valence-electron chi connectivity index (χ2n) is 5.60. The van der Waals surface area contributed by atoms with E-state index in [-0.39, 0.29) is 35.6 Å². The molecule has 24 heavy (non-hydrogen) atoms. The van der Waals surface area contributed by atoms with Crippen LogP contribution in [0.1, 0.15) is 32.9 Å². The van der Waals surface area contributed by atoms with E-state index in [9.17, 15) is 14.9 Å². The molecule has 0 fully saturated rings. The van der Waals surface area contributed by atoms with Crippen LogP contribution in [-0.2, 0) is 12.8 Å². The van der Waals surface area contributed by atoms with E-state index in [1.807, 2.05) is 0 Å². The first-order valence-corrected chi connectivity index (χ1v) is 8.06. The molecular weight excluding hydrogens is 352 g/mol. The molecule has 1 atom stereocenters. The second kappa shape index (κ2) is 7.25. The Morgan fingerprint density at radius 1 is 1.50 bits per heavy atom. The van der Waals surface area contributed by atoms with E-state index < -0.39 is 4.92 Å². The number of nitro groups is 1. The number of nitrogens with one attached hydrogen (secondary N) is 1. The van der Waals surface area contributed by atoms with Gasteiger partial charge in [0.2, 0.25) is 0 Å². The van der Waals surface area contributed by atoms with E-state index in [4.69, 9.17) is 5.73 Å². The number of non-ortho nitro benzene ring substituents is 1. The summed E-state index contributed by atoms with van der Waals surface area (Å²) in [6.07, 6.45) is 2.49. The number of aromatic nitrogens is 1. The van der Waals surface area contributed by atoms with Crippen LogP contribution < -0.4 is 11.1 Å². The molecule has 1 heterocycles. The number of nitrogens with two attached hydrogens (primary N) is 1. The number of nitro benzene ring substituents is 1. The van der Waals surface area contributed by atoms with Gasteiger partial charge in [-0.25, -0.2) is 4.98 Å². The summed E-state index contributed by atoms with van der Waals surface area (Å²) in [4.78, 5) is 28.3. The van der Waals surface area contributed by atoms with E-state index in [1.54, 1.807) is 13.0 Å². The van der Waals surface area contributed by atoms with Crippen LogP contribution in [0.5, 0.6) is 0 Å². The lowest BCUT2D eigenvalue weighted by molar-refractivity contribution is -0.384. The van der Waals surface area contributed by atoms with Gasteiger partial charge in [-0.3, -0.25) is 20.2 Å². The number of halogens is 1. The molecule has 1 aliphatic rings. The third kappa shape index (κ3) is 3.72. The lowest BCUT2D eigenvalue weighted by Gasteiger charge is -2.15. The molecule has 1 aliphatic carbocycles. The van der Waals surface area contributed by atoms with Crippen LogP contribution >= 0.6 is 23.7 Å². The van der Waals surface area contributed by atoms with Crippen molar-refractivity contribution in [3.8, 4) is 0 Å². The minimum atomic E-state index is -0.514. The second-order valence-corrected chi connectivity index (χ2v) is 6.69. The third-order valence-electron chi connectivity index (χ3n) is 3.87. The quantitative estimate of drug-likeness (QED) is 0.639. The summed E-state index contributed by atoms with van der Waals surface area (Å²) in [5, 5.41) is 14.1. The van der Waals surface area contributed by atoms with Crippen molar-refractivity contribution in [2.45, 2.75) is 32.2 Å². The highest BCUT2D eigenvalue weighted by Crippen LogP contribution is 2.30. The van der Waals surface area contributed by atoms with Crippen LogP contribution in [0.3, 0.4) is 0 Å². The summed E-state index contributed by atoms with van der Waals surface area (Å²) in [6, 6.07) is 4.38. The monoisotopic (exact) mass is 368 g/mol. The molecule has 0 saturated heterocycles. The Bertz CT molecular complexity index is 793. The van der Waals surface area contributed by atoms with Crippen molar-refractivity contribution in [1.29, 1.82) is 0 Å². The first-order chi connectivity index (χ1) is 10.9. The van der Waals surface area contributed by atoms with Crippen molar-refractivity contribution in [2.75, 3.05) is 5.32 Å². The Balaban J connectivity index is 0.00000208. The number of nitrogens with zero attached hydrogens (tertiary/aromatic N) is 2. The van der Waals surface area contributed by atoms with Gasteiger partial charge in [0.25, 0.3) is 11.6 Å². The zero-order valence-corrected chi connectivity index (χ0v) is 14.6. The summed E-state index contributed by atoms with van der Waals surface area (Å²) in [6.45, 7) is 1.74. The summed E-state index contributed by atoms with van der Waals surface area (Å²) in [7, 11) is 0. The van der Waals surface area contributed by atoms with Crippen LogP contribution in [0.4, 0.5) is 10.8 Å². The Labute approximate surface area is 148 Å². The highest BCUT2D eigenvalue weighted by atomic mass is 35.5. The summed E-state index contributed by atoms with van der Waals surface area (Å²) in [5.74, 6) is -0.387. The first kappa shape index (κ1) is 18.3. The van der Waals surface area contributed by atoms with Crippen LogP contribution in [0.25, 0.3) is 0 Å². The number of thiazole rings is 1. The van der Waals surface area contributed by atoms with Gasteiger partial charge in [0.05, 0.1) is 10.6 Å². The number of aryl methyl sites for hydroxylation is 2. The molecule has 0 radical (unpaired) electrons. The zero-order chi connectivity index (χ0) is 16.6. The minimum Gasteiger partial charge on any atom is -0.327 e. The number of benzene rings is 1. The van der Waals surface area contributed by atoms with Crippen molar-refractivity contribution in [2.24, 2.45) is 5.73 Å². The number of hydrogen-bond donors (Lipinski definition) is 2. The van der Waals surface area contributed by atoms with Gasteiger partial charge in [0, 0.05) is 28.6 Å². The SMILES string of the molecule is Cc1ccc([N+](=O)[O-])cc1C(=O)Nc1nc2c(s1)C[C@@H](N)CC2.Cl. The average Bonchev–Trinajstić information content (AvgIpc) is 2.88. The molecule has 0 unspecified atom stereocenters. The number of fused-ring (bicyclic) bond motifs is 1. The lowest BCUT2D eigenvalue weighted by atomic mass is 9.99. The Hall–Kier alpha value is -2.03. The molecule has 1 amide bonds. The fourth-order valence-electron chi connectivity index (χ4n) is 2.59. The van der Waals surface area contributed by atoms with Gasteiger partial charge in [0.15, 0.2) is 5.13 Å². The third-order valence-corrected chi connectivity index (χ3v) is 4.91. The molecule has 0 aliphatic heterocycles. The summed E-state index contributed by atoms with van der Waals surface area (Å²) >= 11 is 1.42. The van der Waals surface area contributed by atoms with E-state index in [0.717, 1.165) is 29.8 Å². The predicted molar refractivity (Wildman–Crippen MR) is 95.1 cm³/mol. The Kier molecular flexibility index (Phi) is 5.53. The van der Waals surface area contributed by atoms with Gasteiger partial charge in [-0.1, -0.05) is 6.07 Å². The van der Waals surface area contributed by atoms with Crippen molar-refractivity contribution >= 4 is 40.5 Å². The molecule has 1 aromatic carbocycles. The molecule has 2 aromatic rings. The first-order valence-electron chi connectivity index (χ1n) is 7.24. The molecule has 0 spiro atoms. The number of carbonyl (C=O) groups is 1. The predicted octanol–water partition coefficient (Wildman–Crippen LogP) is 2.85. The number of hydrogen-bond acceptors (Lipinski definition) is 6. The summed E-state index contributed by atoms with van der Waals surface area (Å²) < 4.78 is 0. The van der Waals surface area contributed by atoms with Gasteiger partial charge in [-0.2, -0.15) is 0 Å². The van der Waals surface area contributed by atoms with Gasteiger partial charge < -0.3 is 5.73 Å². The topological polar surface area (TPSA) is 111 Å². The fourth-order valence-corrected chi connectivity index (χ4v) is 3.68. The molecule has 128 valence electrons. The van der Waals surface area contributed by atoms with E-state index in [2.05, 4.69) is 10.3 Å². The number of carbonyl (C=O) groups excluding carboxylic acids is 1. The van der Waals surface area contributed by atoms with Crippen molar-refractivity contribution in [3.05, 3.63) is 50.0 Å². The number of anilines is 1. The van der Waals surface area contributed by atoms with Crippen LogP contribution in [0.2, 0.25) is 0 Å². The molecule has 7 nitrogen and oxygen atoms in total. The zero-order valence-electron chi connectivity index (χ0n) is 12.9. The maximum atomic E-state index is 12.4. The van der Waals surface area contributed by atoms with E-state index in [0.29, 0.717) is 10.7 Å². The molecule has 0 saturated carbocycles. The lowest BCUT2D eigenvalue weighted by Crippen LogP contribution is -2.27. The number of amides is 1. The minimum absolute atomic E-state index is 0. The van der Waals surface area contributed by atoms with Gasteiger partial charge >= 0.3 is 0 Å². The molecule has 3 N–H and O–H groups in total. The van der Waals surface area contributed by atoms with Crippen molar-refractivity contribution in [3.63, 3.8) is 0 Å². The normalized spacial score (nSPS) is 16.0. The standard InChI is InChI=1S/C15H16N4O3S.ClH/c1-8-2-4-10(19(21)22)7-11(8)14(20)18-15-17-12-5-3-9(16)6-13(12)23-15;/h2,4,7,9H,3,5-6,16H2,1H3,(H,17,18,20);1H/t9-;/m0./s1. The molecule has 1 aromatic heterocycles. The molecule has 0 bridgehead atoms. The van der Waals surface area contributed by atoms with E-state index >= 15 is 0 Å². The Morgan fingerprint density at radius 2 is 2.25 bits per heavy atom. The molecule has 3 rings (SSSR count). The van der Waals surface area contributed by atoms with Gasteiger partial charge in [-0.15, -0.1) is 23.7 Å². The smallest absolute Gasteiger partial charge is 0.270 e. The largest absolute Gasteiger partial charge is 0.327 e. The maximum absolute atomic E-state index is 12.4. The number of rotatable bonds is 3. The molecular formula is C15H17ClN4O3S. The van der Waals surface area contributed by atoms with Crippen molar-refractivity contribution < 1.29 is 9.72 Å². The van der Waals surface area contributed by atoms with Crippen molar-refractivity contribution in [1.82, 2.24) is 4.98 Å². The highest BCUT2D eigenvalue weighted by molar-refractivity contribution is 7.15. The average molecular weight is 369 g/mol. The summed E-state index contributed by atoms with van der Waals surface area (Å²) in [5.41, 5.74) is 7.78. The van der Waals surface area contributed by atoms with Crippen LogP contribution in [0.15, 0.2) is 18.2 Å². The maximum Gasteiger partial charge on any atom is 0.270 e. The molecule has 9 heteroatoms. The van der Waals surface area contributed by atoms with Crippen LogP contribution in [0, 0.1) is 17.0 Å². The van der Waals surface area contributed by atoms with E-state index in [1.165, 1.54) is 23.5 Å². The highest BCUT2D eigenvalue weighted by Gasteiger charge is 2.22. The van der Waals surface area contributed by atoms with Crippen LogP contribution in [-0.4, -0.2) is 21.9 Å². The fraction of sp³-hybridized carbons (Fsp3) is 0.333. The van der Waals surface area contributed by atoms with Gasteiger partial charge in [-0.05, 0) is 31.7 Å². The Morgan fingerprint density at radius 3 is 2.96 bits per heavy atom.